The van der Waals surface area contributed by atoms with Crippen molar-refractivity contribution in [2.24, 2.45) is 0 Å². The van der Waals surface area contributed by atoms with Gasteiger partial charge in [0.1, 0.15) is 0 Å². The first kappa shape index (κ1) is 18.9. The van der Waals surface area contributed by atoms with Gasteiger partial charge in [0.2, 0.25) is 17.8 Å². The Morgan fingerprint density at radius 1 is 0.931 bits per heavy atom. The zero-order valence-corrected chi connectivity index (χ0v) is 16.2. The third-order valence-electron chi connectivity index (χ3n) is 4.54. The molecule has 0 bridgehead atoms. The fourth-order valence-electron chi connectivity index (χ4n) is 3.14. The van der Waals surface area contributed by atoms with Crippen molar-refractivity contribution < 1.29 is 4.74 Å². The zero-order valence-electron chi connectivity index (χ0n) is 16.2. The molecule has 7 nitrogen and oxygen atoms in total. The summed E-state index contributed by atoms with van der Waals surface area (Å²) in [5.41, 5.74) is 1.96. The van der Waals surface area contributed by atoms with E-state index in [1.165, 1.54) is 0 Å². The van der Waals surface area contributed by atoms with Gasteiger partial charge in [0.25, 0.3) is 0 Å². The van der Waals surface area contributed by atoms with E-state index >= 15 is 0 Å². The van der Waals surface area contributed by atoms with Crippen molar-refractivity contribution in [2.45, 2.75) is 0 Å². The highest BCUT2D eigenvalue weighted by atomic mass is 16.5. The Balaban J connectivity index is 1.81. The number of benzene rings is 2. The molecule has 2 aromatic carbocycles. The zero-order chi connectivity index (χ0) is 19.9. The first-order valence-corrected chi connectivity index (χ1v) is 9.69. The number of rotatable bonds is 7. The van der Waals surface area contributed by atoms with E-state index in [4.69, 9.17) is 14.7 Å². The molecule has 29 heavy (non-hydrogen) atoms. The van der Waals surface area contributed by atoms with Crippen molar-refractivity contribution in [3.63, 3.8) is 0 Å². The van der Waals surface area contributed by atoms with Crippen LogP contribution in [0, 0.1) is 0 Å². The number of morpholine rings is 1. The molecule has 1 fully saturated rings. The van der Waals surface area contributed by atoms with Gasteiger partial charge in [-0.3, -0.25) is 4.90 Å². The number of hydrogen-bond donors (Lipinski definition) is 1. The van der Waals surface area contributed by atoms with E-state index in [-0.39, 0.29) is 0 Å². The minimum absolute atomic E-state index is 0.522. The van der Waals surface area contributed by atoms with Crippen LogP contribution in [0.4, 0.5) is 29.2 Å². The number of anilines is 5. The van der Waals surface area contributed by atoms with Crippen LogP contribution in [0.15, 0.2) is 73.3 Å². The van der Waals surface area contributed by atoms with Crippen LogP contribution >= 0.6 is 0 Å². The van der Waals surface area contributed by atoms with Crippen LogP contribution in [-0.2, 0) is 4.74 Å². The van der Waals surface area contributed by atoms with E-state index in [1.807, 2.05) is 65.6 Å². The molecule has 148 valence electrons. The van der Waals surface area contributed by atoms with Gasteiger partial charge in [-0.1, -0.05) is 42.5 Å². The van der Waals surface area contributed by atoms with Crippen LogP contribution in [0.5, 0.6) is 0 Å². The number of nitrogens with zero attached hydrogens (tertiary/aromatic N) is 5. The van der Waals surface area contributed by atoms with Gasteiger partial charge in [0.15, 0.2) is 0 Å². The number of nitrogens with one attached hydrogen (secondary N) is 1. The van der Waals surface area contributed by atoms with Gasteiger partial charge < -0.3 is 15.0 Å². The SMILES string of the molecule is C=CCNc1nc(N2CCOCC2)nc(N(c2ccccc2)c2ccccc2)n1. The molecule has 1 aromatic heterocycles. The summed E-state index contributed by atoms with van der Waals surface area (Å²) < 4.78 is 5.48. The molecule has 1 saturated heterocycles. The van der Waals surface area contributed by atoms with E-state index in [0.717, 1.165) is 24.5 Å². The topological polar surface area (TPSA) is 66.4 Å². The van der Waals surface area contributed by atoms with E-state index in [9.17, 15) is 0 Å². The van der Waals surface area contributed by atoms with Crippen LogP contribution in [0.2, 0.25) is 0 Å². The van der Waals surface area contributed by atoms with Crippen LogP contribution in [0.25, 0.3) is 0 Å². The molecule has 0 amide bonds. The third kappa shape index (κ3) is 4.52. The molecule has 0 spiro atoms. The number of ether oxygens (including phenoxy) is 1. The second-order valence-electron chi connectivity index (χ2n) is 6.53. The van der Waals surface area contributed by atoms with E-state index in [1.54, 1.807) is 6.08 Å². The standard InChI is InChI=1S/C22H24N6O/c1-2-13-23-20-24-21(27-14-16-29-17-15-27)26-22(25-20)28(18-9-5-3-6-10-18)19-11-7-4-8-12-19/h2-12H,1,13-17H2,(H,23,24,25,26). The van der Waals surface area contributed by atoms with Gasteiger partial charge in [0, 0.05) is 31.0 Å². The first-order chi connectivity index (χ1) is 14.3. The van der Waals surface area contributed by atoms with Gasteiger partial charge in [-0.25, -0.2) is 0 Å². The van der Waals surface area contributed by atoms with E-state index in [0.29, 0.717) is 37.6 Å². The van der Waals surface area contributed by atoms with Crippen molar-refractivity contribution >= 4 is 29.2 Å². The largest absolute Gasteiger partial charge is 0.378 e. The summed E-state index contributed by atoms with van der Waals surface area (Å²) in [7, 11) is 0. The molecule has 2 heterocycles. The molecule has 1 aliphatic heterocycles. The average molecular weight is 388 g/mol. The monoisotopic (exact) mass is 388 g/mol. The molecule has 0 saturated carbocycles. The minimum atomic E-state index is 0.522. The maximum Gasteiger partial charge on any atom is 0.241 e. The van der Waals surface area contributed by atoms with Gasteiger partial charge in [-0.05, 0) is 24.3 Å². The highest BCUT2D eigenvalue weighted by Crippen LogP contribution is 2.32. The lowest BCUT2D eigenvalue weighted by Crippen LogP contribution is -2.37. The Hall–Kier alpha value is -3.45. The molecule has 7 heteroatoms. The third-order valence-corrected chi connectivity index (χ3v) is 4.54. The van der Waals surface area contributed by atoms with Gasteiger partial charge in [0.05, 0.1) is 13.2 Å². The maximum absolute atomic E-state index is 5.48. The van der Waals surface area contributed by atoms with E-state index < -0.39 is 0 Å². The Morgan fingerprint density at radius 2 is 1.55 bits per heavy atom. The molecule has 0 radical (unpaired) electrons. The van der Waals surface area contributed by atoms with Crippen molar-refractivity contribution in [2.75, 3.05) is 48.0 Å². The smallest absolute Gasteiger partial charge is 0.241 e. The lowest BCUT2D eigenvalue weighted by molar-refractivity contribution is 0.122. The average Bonchev–Trinajstić information content (AvgIpc) is 2.80. The summed E-state index contributed by atoms with van der Waals surface area (Å²) in [6.45, 7) is 7.17. The number of hydrogen-bond acceptors (Lipinski definition) is 7. The Morgan fingerprint density at radius 3 is 2.14 bits per heavy atom. The maximum atomic E-state index is 5.48. The molecule has 1 aliphatic rings. The fourth-order valence-corrected chi connectivity index (χ4v) is 3.14. The van der Waals surface area contributed by atoms with Crippen LogP contribution < -0.4 is 15.1 Å². The summed E-state index contributed by atoms with van der Waals surface area (Å²) in [5.74, 6) is 1.72. The molecule has 1 N–H and O–H groups in total. The molecule has 4 rings (SSSR count). The van der Waals surface area contributed by atoms with Gasteiger partial charge in [-0.15, -0.1) is 6.58 Å². The lowest BCUT2D eigenvalue weighted by atomic mass is 10.2. The van der Waals surface area contributed by atoms with Crippen molar-refractivity contribution in [3.8, 4) is 0 Å². The molecule has 0 atom stereocenters. The summed E-state index contributed by atoms with van der Waals surface area (Å²) in [4.78, 5) is 18.3. The summed E-state index contributed by atoms with van der Waals surface area (Å²) >= 11 is 0. The lowest BCUT2D eigenvalue weighted by Gasteiger charge is -2.29. The van der Waals surface area contributed by atoms with Crippen molar-refractivity contribution in [1.82, 2.24) is 15.0 Å². The minimum Gasteiger partial charge on any atom is -0.378 e. The highest BCUT2D eigenvalue weighted by molar-refractivity contribution is 5.73. The Bertz CT molecular complexity index is 889. The van der Waals surface area contributed by atoms with Crippen LogP contribution in [-0.4, -0.2) is 47.8 Å². The highest BCUT2D eigenvalue weighted by Gasteiger charge is 2.21. The molecular formula is C22H24N6O. The molecule has 3 aromatic rings. The quantitative estimate of drug-likeness (QED) is 0.618. The summed E-state index contributed by atoms with van der Waals surface area (Å²) in [6.07, 6.45) is 1.78. The Labute approximate surface area is 170 Å². The molecule has 0 aliphatic carbocycles. The second-order valence-corrected chi connectivity index (χ2v) is 6.53. The predicted molar refractivity (Wildman–Crippen MR) is 116 cm³/mol. The van der Waals surface area contributed by atoms with Gasteiger partial charge >= 0.3 is 0 Å². The number of aromatic nitrogens is 3. The predicted octanol–water partition coefficient (Wildman–Crippen LogP) is 3.78. The summed E-state index contributed by atoms with van der Waals surface area (Å²) in [5, 5.41) is 3.21. The second kappa shape index (κ2) is 9.16. The van der Waals surface area contributed by atoms with E-state index in [2.05, 4.69) is 21.8 Å². The normalized spacial score (nSPS) is 13.7. The molecular weight excluding hydrogens is 364 g/mol. The van der Waals surface area contributed by atoms with Crippen LogP contribution in [0.1, 0.15) is 0 Å². The fraction of sp³-hybridized carbons (Fsp3) is 0.227. The first-order valence-electron chi connectivity index (χ1n) is 9.69. The molecule has 0 unspecified atom stereocenters. The van der Waals surface area contributed by atoms with Crippen LogP contribution in [0.3, 0.4) is 0 Å². The Kier molecular flexibility index (Phi) is 5.97. The van der Waals surface area contributed by atoms with Gasteiger partial charge in [-0.2, -0.15) is 15.0 Å². The van der Waals surface area contributed by atoms with Crippen molar-refractivity contribution in [1.29, 1.82) is 0 Å². The number of para-hydroxylation sites is 2. The summed E-state index contributed by atoms with van der Waals surface area (Å²) in [6, 6.07) is 20.2. The van der Waals surface area contributed by atoms with Crippen molar-refractivity contribution in [3.05, 3.63) is 73.3 Å².